The van der Waals surface area contributed by atoms with E-state index in [0.29, 0.717) is 11.9 Å². The summed E-state index contributed by atoms with van der Waals surface area (Å²) < 4.78 is 0. The first-order chi connectivity index (χ1) is 8.06. The molecule has 2 rings (SSSR count). The van der Waals surface area contributed by atoms with Crippen molar-refractivity contribution in [1.82, 2.24) is 9.97 Å². The molecule has 1 aromatic rings. The number of hydrogen-bond donors (Lipinski definition) is 1. The second-order valence-electron chi connectivity index (χ2n) is 5.22. The highest BCUT2D eigenvalue weighted by Crippen LogP contribution is 2.28. The molecule has 0 aliphatic heterocycles. The third-order valence-electron chi connectivity index (χ3n) is 3.74. The summed E-state index contributed by atoms with van der Waals surface area (Å²) in [4.78, 5) is 10.8. The zero-order valence-electron chi connectivity index (χ0n) is 11.0. The third-order valence-corrected chi connectivity index (χ3v) is 3.74. The Morgan fingerprint density at radius 2 is 1.88 bits per heavy atom. The number of rotatable bonds is 2. The molecule has 0 saturated heterocycles. The molecule has 0 amide bonds. The third kappa shape index (κ3) is 2.87. The Morgan fingerprint density at radius 3 is 2.47 bits per heavy atom. The van der Waals surface area contributed by atoms with Gasteiger partial charge in [0.1, 0.15) is 17.5 Å². The van der Waals surface area contributed by atoms with Crippen LogP contribution in [-0.4, -0.2) is 23.1 Å². The number of nitrogens with two attached hydrogens (primary N) is 1. The van der Waals surface area contributed by atoms with Crippen LogP contribution in [0.4, 0.5) is 11.6 Å². The molecule has 4 nitrogen and oxygen atoms in total. The van der Waals surface area contributed by atoms with Crippen LogP contribution in [-0.2, 0) is 0 Å². The summed E-state index contributed by atoms with van der Waals surface area (Å²) in [5.74, 6) is 3.13. The molecule has 1 heterocycles. The average molecular weight is 234 g/mol. The Bertz CT molecular complexity index is 363. The molecule has 0 radical (unpaired) electrons. The van der Waals surface area contributed by atoms with Crippen LogP contribution in [0.2, 0.25) is 0 Å². The monoisotopic (exact) mass is 234 g/mol. The fraction of sp³-hybridized carbons (Fsp3) is 0.692. The summed E-state index contributed by atoms with van der Waals surface area (Å²) in [5.41, 5.74) is 5.77. The van der Waals surface area contributed by atoms with Gasteiger partial charge in [-0.2, -0.15) is 0 Å². The average Bonchev–Trinajstić information content (AvgIpc) is 2.28. The minimum absolute atomic E-state index is 0.559. The lowest BCUT2D eigenvalue weighted by molar-refractivity contribution is 0.340. The summed E-state index contributed by atoms with van der Waals surface area (Å²) in [6, 6.07) is 2.46. The summed E-state index contributed by atoms with van der Waals surface area (Å²) in [6.07, 6.45) is 5.13. The van der Waals surface area contributed by atoms with Crippen molar-refractivity contribution in [2.75, 3.05) is 17.7 Å². The normalized spacial score (nSPS) is 24.6. The first-order valence-corrected chi connectivity index (χ1v) is 6.40. The van der Waals surface area contributed by atoms with Gasteiger partial charge in [0.25, 0.3) is 0 Å². The number of aryl methyl sites for hydroxylation is 1. The van der Waals surface area contributed by atoms with Crippen LogP contribution < -0.4 is 10.6 Å². The van der Waals surface area contributed by atoms with E-state index >= 15 is 0 Å². The standard InChI is InChI=1S/C13H22N4/c1-9-4-6-11(7-5-9)17(3)13-8-12(14)15-10(2)16-13/h8-9,11H,4-7H2,1-3H3,(H2,14,15,16). The molecule has 0 atom stereocenters. The number of hydrogen-bond acceptors (Lipinski definition) is 4. The van der Waals surface area contributed by atoms with Gasteiger partial charge in [-0.15, -0.1) is 0 Å². The van der Waals surface area contributed by atoms with Gasteiger partial charge in [-0.1, -0.05) is 6.92 Å². The lowest BCUT2D eigenvalue weighted by Crippen LogP contribution is -2.35. The topological polar surface area (TPSA) is 55.0 Å². The predicted octanol–water partition coefficient (Wildman–Crippen LogP) is 2.38. The van der Waals surface area contributed by atoms with E-state index in [4.69, 9.17) is 5.73 Å². The zero-order chi connectivity index (χ0) is 12.4. The van der Waals surface area contributed by atoms with Crippen molar-refractivity contribution < 1.29 is 0 Å². The maximum absolute atomic E-state index is 5.77. The molecule has 1 saturated carbocycles. The van der Waals surface area contributed by atoms with Crippen LogP contribution in [0.1, 0.15) is 38.4 Å². The molecule has 2 N–H and O–H groups in total. The van der Waals surface area contributed by atoms with Gasteiger partial charge in [0, 0.05) is 19.2 Å². The summed E-state index contributed by atoms with van der Waals surface area (Å²) in [6.45, 7) is 4.22. The molecule has 1 aromatic heterocycles. The van der Waals surface area contributed by atoms with E-state index in [1.165, 1.54) is 25.7 Å². The van der Waals surface area contributed by atoms with E-state index in [-0.39, 0.29) is 0 Å². The van der Waals surface area contributed by atoms with Crippen molar-refractivity contribution in [3.8, 4) is 0 Å². The van der Waals surface area contributed by atoms with E-state index in [1.807, 2.05) is 13.0 Å². The fourth-order valence-corrected chi connectivity index (χ4v) is 2.57. The lowest BCUT2D eigenvalue weighted by atomic mass is 9.87. The number of anilines is 2. The van der Waals surface area contributed by atoms with Crippen LogP contribution in [0.3, 0.4) is 0 Å². The molecule has 0 unspecified atom stereocenters. The molecule has 0 spiro atoms. The van der Waals surface area contributed by atoms with Crippen LogP contribution in [0.5, 0.6) is 0 Å². The maximum atomic E-state index is 5.77. The van der Waals surface area contributed by atoms with Crippen LogP contribution in [0, 0.1) is 12.8 Å². The highest BCUT2D eigenvalue weighted by molar-refractivity contribution is 5.47. The molecule has 1 aliphatic carbocycles. The second-order valence-corrected chi connectivity index (χ2v) is 5.22. The highest BCUT2D eigenvalue weighted by atomic mass is 15.2. The zero-order valence-corrected chi connectivity index (χ0v) is 11.0. The molecule has 1 fully saturated rings. The van der Waals surface area contributed by atoms with Crippen molar-refractivity contribution in [2.24, 2.45) is 5.92 Å². The molecular formula is C13H22N4. The first kappa shape index (κ1) is 12.1. The largest absolute Gasteiger partial charge is 0.384 e. The maximum Gasteiger partial charge on any atom is 0.134 e. The van der Waals surface area contributed by atoms with Crippen LogP contribution in [0.25, 0.3) is 0 Å². The predicted molar refractivity (Wildman–Crippen MR) is 71.0 cm³/mol. The van der Waals surface area contributed by atoms with Crippen molar-refractivity contribution in [2.45, 2.75) is 45.6 Å². The van der Waals surface area contributed by atoms with Gasteiger partial charge in [-0.3, -0.25) is 0 Å². The minimum atomic E-state index is 0.559. The second kappa shape index (κ2) is 4.90. The smallest absolute Gasteiger partial charge is 0.134 e. The molecule has 4 heteroatoms. The number of nitrogens with zero attached hydrogens (tertiary/aromatic N) is 3. The van der Waals surface area contributed by atoms with Gasteiger partial charge in [0.15, 0.2) is 0 Å². The Kier molecular flexibility index (Phi) is 3.50. The van der Waals surface area contributed by atoms with E-state index in [0.717, 1.165) is 17.6 Å². The Balaban J connectivity index is 2.10. The highest BCUT2D eigenvalue weighted by Gasteiger charge is 2.22. The molecule has 94 valence electrons. The van der Waals surface area contributed by atoms with E-state index in [1.54, 1.807) is 0 Å². The van der Waals surface area contributed by atoms with Gasteiger partial charge >= 0.3 is 0 Å². The van der Waals surface area contributed by atoms with Crippen LogP contribution >= 0.6 is 0 Å². The summed E-state index contributed by atoms with van der Waals surface area (Å²) in [5, 5.41) is 0. The van der Waals surface area contributed by atoms with Gasteiger partial charge in [-0.05, 0) is 38.5 Å². The van der Waals surface area contributed by atoms with Crippen molar-refractivity contribution in [1.29, 1.82) is 0 Å². The van der Waals surface area contributed by atoms with Gasteiger partial charge in [-0.25, -0.2) is 9.97 Å². The number of nitrogen functional groups attached to an aromatic ring is 1. The summed E-state index contributed by atoms with van der Waals surface area (Å²) in [7, 11) is 2.11. The fourth-order valence-electron chi connectivity index (χ4n) is 2.57. The van der Waals surface area contributed by atoms with Gasteiger partial charge < -0.3 is 10.6 Å². The van der Waals surface area contributed by atoms with Crippen molar-refractivity contribution >= 4 is 11.6 Å². The summed E-state index contributed by atoms with van der Waals surface area (Å²) >= 11 is 0. The van der Waals surface area contributed by atoms with Gasteiger partial charge in [0.2, 0.25) is 0 Å². The first-order valence-electron chi connectivity index (χ1n) is 6.40. The molecule has 0 aromatic carbocycles. The van der Waals surface area contributed by atoms with E-state index < -0.39 is 0 Å². The van der Waals surface area contributed by atoms with Crippen LogP contribution in [0.15, 0.2) is 6.07 Å². The quantitative estimate of drug-likeness (QED) is 0.853. The molecule has 17 heavy (non-hydrogen) atoms. The number of aromatic nitrogens is 2. The minimum Gasteiger partial charge on any atom is -0.384 e. The van der Waals surface area contributed by atoms with E-state index in [9.17, 15) is 0 Å². The van der Waals surface area contributed by atoms with Gasteiger partial charge in [0.05, 0.1) is 0 Å². The Hall–Kier alpha value is -1.32. The molecular weight excluding hydrogens is 212 g/mol. The molecule has 1 aliphatic rings. The lowest BCUT2D eigenvalue weighted by Gasteiger charge is -2.34. The Morgan fingerprint density at radius 1 is 1.24 bits per heavy atom. The SMILES string of the molecule is Cc1nc(N)cc(N(C)C2CCC(C)CC2)n1. The Labute approximate surface area is 103 Å². The van der Waals surface area contributed by atoms with Crippen molar-refractivity contribution in [3.05, 3.63) is 11.9 Å². The molecule has 0 bridgehead atoms. The van der Waals surface area contributed by atoms with E-state index in [2.05, 4.69) is 28.8 Å². The van der Waals surface area contributed by atoms with Crippen molar-refractivity contribution in [3.63, 3.8) is 0 Å².